The molecule has 27 heavy (non-hydrogen) atoms. The minimum absolute atomic E-state index is 0.243. The van der Waals surface area contributed by atoms with E-state index in [1.54, 1.807) is 42.9 Å². The van der Waals surface area contributed by atoms with Gasteiger partial charge in [0, 0.05) is 46.9 Å². The summed E-state index contributed by atoms with van der Waals surface area (Å²) in [5.41, 5.74) is 2.72. The van der Waals surface area contributed by atoms with Gasteiger partial charge in [-0.2, -0.15) is 0 Å². The van der Waals surface area contributed by atoms with Gasteiger partial charge in [-0.15, -0.1) is 0 Å². The van der Waals surface area contributed by atoms with Gasteiger partial charge in [-0.3, -0.25) is 14.8 Å². The van der Waals surface area contributed by atoms with E-state index < -0.39 is 0 Å². The third-order valence-electron chi connectivity index (χ3n) is 4.11. The van der Waals surface area contributed by atoms with Gasteiger partial charge in [0.2, 0.25) is 0 Å². The van der Waals surface area contributed by atoms with Crippen LogP contribution >= 0.6 is 0 Å². The van der Waals surface area contributed by atoms with Crippen LogP contribution < -0.4 is 10.6 Å². The van der Waals surface area contributed by atoms with E-state index in [0.717, 1.165) is 22.1 Å². The molecule has 0 bridgehead atoms. The van der Waals surface area contributed by atoms with E-state index >= 15 is 0 Å². The van der Waals surface area contributed by atoms with Crippen molar-refractivity contribution in [2.45, 2.75) is 0 Å². The Kier molecular flexibility index (Phi) is 4.45. The Morgan fingerprint density at radius 1 is 0.815 bits per heavy atom. The van der Waals surface area contributed by atoms with E-state index in [1.807, 2.05) is 18.2 Å². The van der Waals surface area contributed by atoms with Gasteiger partial charge in [0.25, 0.3) is 5.91 Å². The van der Waals surface area contributed by atoms with Crippen molar-refractivity contribution >= 4 is 33.7 Å². The first-order chi connectivity index (χ1) is 13.2. The summed E-state index contributed by atoms with van der Waals surface area (Å²) in [5, 5.41) is 7.85. The number of rotatable bonds is 4. The topological polar surface area (TPSA) is 66.9 Å². The van der Waals surface area contributed by atoms with Crippen molar-refractivity contribution in [2.24, 2.45) is 0 Å². The number of carbonyl (C=O) groups is 1. The number of aromatic nitrogens is 2. The number of halogens is 1. The van der Waals surface area contributed by atoms with Gasteiger partial charge in [-0.1, -0.05) is 0 Å². The van der Waals surface area contributed by atoms with Gasteiger partial charge in [0.1, 0.15) is 5.82 Å². The molecule has 4 rings (SSSR count). The van der Waals surface area contributed by atoms with Gasteiger partial charge in [0.15, 0.2) is 0 Å². The highest BCUT2D eigenvalue weighted by molar-refractivity contribution is 6.11. The van der Waals surface area contributed by atoms with Gasteiger partial charge < -0.3 is 10.6 Å². The molecule has 0 spiro atoms. The highest BCUT2D eigenvalue weighted by atomic mass is 19.1. The van der Waals surface area contributed by atoms with Crippen molar-refractivity contribution in [3.8, 4) is 0 Å². The molecule has 0 fully saturated rings. The fraction of sp³-hybridized carbons (Fsp3) is 0. The van der Waals surface area contributed by atoms with Crippen LogP contribution in [0.3, 0.4) is 0 Å². The molecule has 0 saturated heterocycles. The molecular weight excluding hydrogens is 343 g/mol. The third kappa shape index (κ3) is 3.59. The van der Waals surface area contributed by atoms with E-state index in [9.17, 15) is 9.18 Å². The number of hydrogen-bond acceptors (Lipinski definition) is 4. The van der Waals surface area contributed by atoms with E-state index in [1.165, 1.54) is 18.3 Å². The van der Waals surface area contributed by atoms with Gasteiger partial charge >= 0.3 is 0 Å². The van der Waals surface area contributed by atoms with Crippen molar-refractivity contribution in [1.29, 1.82) is 0 Å². The summed E-state index contributed by atoms with van der Waals surface area (Å²) in [6, 6.07) is 15.1. The Hall–Kier alpha value is -3.80. The third-order valence-corrected chi connectivity index (χ3v) is 4.11. The average molecular weight is 358 g/mol. The zero-order valence-corrected chi connectivity index (χ0v) is 14.2. The molecule has 0 aliphatic rings. The maximum absolute atomic E-state index is 13.1. The lowest BCUT2D eigenvalue weighted by atomic mass is 10.1. The second-order valence-electron chi connectivity index (χ2n) is 5.91. The Labute approximate surface area is 154 Å². The maximum Gasteiger partial charge on any atom is 0.257 e. The molecule has 0 radical (unpaired) electrons. The molecule has 0 saturated carbocycles. The standard InChI is InChI=1S/C21H15FN4O/c22-15-3-5-16(6-4-15)25-19-7-8-20(18-13-24-11-9-17(18)19)26-21(27)14-2-1-10-23-12-14/h1-13,25H,(H,26,27). The van der Waals surface area contributed by atoms with Gasteiger partial charge in [-0.05, 0) is 54.6 Å². The summed E-state index contributed by atoms with van der Waals surface area (Å²) in [5.74, 6) is -0.532. The second-order valence-corrected chi connectivity index (χ2v) is 5.91. The van der Waals surface area contributed by atoms with Crippen LogP contribution in [0.15, 0.2) is 79.4 Å². The van der Waals surface area contributed by atoms with Crippen LogP contribution in [-0.2, 0) is 0 Å². The number of carbonyl (C=O) groups excluding carboxylic acids is 1. The van der Waals surface area contributed by atoms with Crippen LogP contribution in [0, 0.1) is 5.82 Å². The van der Waals surface area contributed by atoms with Crippen molar-refractivity contribution in [2.75, 3.05) is 10.6 Å². The first kappa shape index (κ1) is 16.7. The largest absolute Gasteiger partial charge is 0.355 e. The minimum Gasteiger partial charge on any atom is -0.355 e. The molecule has 6 heteroatoms. The highest BCUT2D eigenvalue weighted by Crippen LogP contribution is 2.31. The molecule has 1 amide bonds. The van der Waals surface area contributed by atoms with E-state index in [0.29, 0.717) is 11.3 Å². The van der Waals surface area contributed by atoms with Crippen LogP contribution in [0.25, 0.3) is 10.8 Å². The first-order valence-corrected chi connectivity index (χ1v) is 8.31. The Morgan fingerprint density at radius 3 is 2.37 bits per heavy atom. The summed E-state index contributed by atoms with van der Waals surface area (Å²) in [7, 11) is 0. The second kappa shape index (κ2) is 7.21. The molecule has 132 valence electrons. The molecule has 4 aromatic rings. The summed E-state index contributed by atoms with van der Waals surface area (Å²) >= 11 is 0. The van der Waals surface area contributed by atoms with Crippen molar-refractivity contribution in [1.82, 2.24) is 9.97 Å². The predicted octanol–water partition coefficient (Wildman–Crippen LogP) is 4.76. The Balaban J connectivity index is 1.68. The first-order valence-electron chi connectivity index (χ1n) is 8.31. The Bertz CT molecular complexity index is 1100. The lowest BCUT2D eigenvalue weighted by molar-refractivity contribution is 0.102. The monoisotopic (exact) mass is 358 g/mol. The average Bonchev–Trinajstić information content (AvgIpc) is 2.72. The van der Waals surface area contributed by atoms with Crippen molar-refractivity contribution in [3.05, 3.63) is 90.8 Å². The molecule has 2 aromatic heterocycles. The number of nitrogens with one attached hydrogen (secondary N) is 2. The van der Waals surface area contributed by atoms with E-state index in [-0.39, 0.29) is 11.7 Å². The lowest BCUT2D eigenvalue weighted by Gasteiger charge is -2.13. The van der Waals surface area contributed by atoms with Crippen molar-refractivity contribution in [3.63, 3.8) is 0 Å². The van der Waals surface area contributed by atoms with E-state index in [2.05, 4.69) is 20.6 Å². The number of anilines is 3. The summed E-state index contributed by atoms with van der Waals surface area (Å²) in [6.45, 7) is 0. The van der Waals surface area contributed by atoms with Crippen LogP contribution in [0.1, 0.15) is 10.4 Å². The number of hydrogen-bond donors (Lipinski definition) is 2. The Morgan fingerprint density at radius 2 is 1.59 bits per heavy atom. The molecule has 2 N–H and O–H groups in total. The highest BCUT2D eigenvalue weighted by Gasteiger charge is 2.11. The molecule has 0 aliphatic heterocycles. The molecule has 2 heterocycles. The van der Waals surface area contributed by atoms with Crippen LogP contribution in [0.2, 0.25) is 0 Å². The van der Waals surface area contributed by atoms with Gasteiger partial charge in [-0.25, -0.2) is 4.39 Å². The zero-order chi connectivity index (χ0) is 18.6. The number of benzene rings is 2. The smallest absolute Gasteiger partial charge is 0.257 e. The number of amides is 1. The molecule has 2 aromatic carbocycles. The number of fused-ring (bicyclic) bond motifs is 1. The lowest BCUT2D eigenvalue weighted by Crippen LogP contribution is -2.12. The number of nitrogens with zero attached hydrogens (tertiary/aromatic N) is 2. The maximum atomic E-state index is 13.1. The minimum atomic E-state index is -0.289. The quantitative estimate of drug-likeness (QED) is 0.552. The fourth-order valence-corrected chi connectivity index (χ4v) is 2.79. The summed E-state index contributed by atoms with van der Waals surface area (Å²) in [4.78, 5) is 20.6. The van der Waals surface area contributed by atoms with Crippen LogP contribution in [0.5, 0.6) is 0 Å². The SMILES string of the molecule is O=C(Nc1ccc(Nc2ccc(F)cc2)c2ccncc12)c1cccnc1. The molecular formula is C21H15FN4O. The summed E-state index contributed by atoms with van der Waals surface area (Å²) < 4.78 is 13.1. The fourth-order valence-electron chi connectivity index (χ4n) is 2.79. The van der Waals surface area contributed by atoms with Gasteiger partial charge in [0.05, 0.1) is 11.3 Å². The molecule has 0 unspecified atom stereocenters. The molecule has 0 aliphatic carbocycles. The van der Waals surface area contributed by atoms with Crippen molar-refractivity contribution < 1.29 is 9.18 Å². The predicted molar refractivity (Wildman–Crippen MR) is 104 cm³/mol. The molecule has 0 atom stereocenters. The summed E-state index contributed by atoms with van der Waals surface area (Å²) in [6.07, 6.45) is 6.52. The molecule has 5 nitrogen and oxygen atoms in total. The zero-order valence-electron chi connectivity index (χ0n) is 14.2. The van der Waals surface area contributed by atoms with Crippen LogP contribution in [0.4, 0.5) is 21.5 Å². The number of pyridine rings is 2. The van der Waals surface area contributed by atoms with E-state index in [4.69, 9.17) is 0 Å². The normalized spacial score (nSPS) is 10.6. The van der Waals surface area contributed by atoms with Crippen LogP contribution in [-0.4, -0.2) is 15.9 Å².